The smallest absolute Gasteiger partial charge is 0.329 e. The molecule has 1 saturated heterocycles. The highest BCUT2D eigenvalue weighted by Crippen LogP contribution is 2.20. The molecule has 0 saturated carbocycles. The van der Waals surface area contributed by atoms with Gasteiger partial charge in [0.2, 0.25) is 0 Å². The Balaban J connectivity index is 2.14. The summed E-state index contributed by atoms with van der Waals surface area (Å²) < 4.78 is 7.04. The molecule has 84 valence electrons. The fourth-order valence-corrected chi connectivity index (χ4v) is 2.12. The van der Waals surface area contributed by atoms with Crippen LogP contribution in [0.1, 0.15) is 18.9 Å². The van der Waals surface area contributed by atoms with Gasteiger partial charge in [0.25, 0.3) is 0 Å². The van der Waals surface area contributed by atoms with Crippen LogP contribution in [0, 0.1) is 0 Å². The molecule has 0 aromatic carbocycles. The number of H-pyrrole nitrogens is 1. The first-order valence-corrected chi connectivity index (χ1v) is 5.35. The third-order valence-electron chi connectivity index (χ3n) is 2.85. The Morgan fingerprint density at radius 2 is 2.31 bits per heavy atom. The zero-order chi connectivity index (χ0) is 11.0. The van der Waals surface area contributed by atoms with Crippen LogP contribution in [-0.2, 0) is 4.74 Å². The molecule has 0 bridgehead atoms. The fraction of sp³-hybridized carbons (Fsp3) is 0.500. The lowest BCUT2D eigenvalue weighted by atomic mass is 10.1. The Bertz CT molecular complexity index is 553. The molecule has 2 aromatic heterocycles. The van der Waals surface area contributed by atoms with Crippen LogP contribution < -0.4 is 5.69 Å². The van der Waals surface area contributed by atoms with Crippen LogP contribution in [0.2, 0.25) is 0 Å². The van der Waals surface area contributed by atoms with Crippen LogP contribution in [0.4, 0.5) is 0 Å². The number of imidazole rings is 1. The SMILES string of the molecule is O=c1[nH]c2nccnc2n1C1CCCOC1. The molecule has 0 amide bonds. The zero-order valence-electron chi connectivity index (χ0n) is 8.72. The molecule has 1 aliphatic rings. The standard InChI is InChI=1S/C10H12N4O2/c15-10-13-8-9(12-4-3-11-8)14(10)7-2-1-5-16-6-7/h3-4,7H,1-2,5-6H2,(H,11,13,15). The number of hydrogen-bond acceptors (Lipinski definition) is 4. The Kier molecular flexibility index (Phi) is 2.21. The summed E-state index contributed by atoms with van der Waals surface area (Å²) in [7, 11) is 0. The maximum Gasteiger partial charge on any atom is 0.329 e. The van der Waals surface area contributed by atoms with Crippen molar-refractivity contribution in [1.29, 1.82) is 0 Å². The lowest BCUT2D eigenvalue weighted by Crippen LogP contribution is -2.28. The second-order valence-electron chi connectivity index (χ2n) is 3.90. The number of nitrogens with zero attached hydrogens (tertiary/aromatic N) is 3. The van der Waals surface area contributed by atoms with E-state index in [0.717, 1.165) is 19.4 Å². The van der Waals surface area contributed by atoms with Crippen LogP contribution >= 0.6 is 0 Å². The van der Waals surface area contributed by atoms with Crippen molar-refractivity contribution >= 4 is 11.3 Å². The summed E-state index contributed by atoms with van der Waals surface area (Å²) in [6, 6.07) is 0.0756. The molecule has 3 rings (SSSR count). The van der Waals surface area contributed by atoms with Crippen molar-refractivity contribution in [2.24, 2.45) is 0 Å². The Labute approximate surface area is 91.3 Å². The summed E-state index contributed by atoms with van der Waals surface area (Å²) in [4.78, 5) is 22.8. The van der Waals surface area contributed by atoms with Crippen molar-refractivity contribution in [3.8, 4) is 0 Å². The quantitative estimate of drug-likeness (QED) is 0.758. The molecule has 0 radical (unpaired) electrons. The lowest BCUT2D eigenvalue weighted by Gasteiger charge is -2.22. The van der Waals surface area contributed by atoms with Gasteiger partial charge in [0, 0.05) is 19.0 Å². The molecule has 1 atom stereocenters. The predicted octanol–water partition coefficient (Wildman–Crippen LogP) is 0.471. The largest absolute Gasteiger partial charge is 0.379 e. The van der Waals surface area contributed by atoms with E-state index in [-0.39, 0.29) is 11.7 Å². The van der Waals surface area contributed by atoms with Crippen molar-refractivity contribution in [3.05, 3.63) is 22.9 Å². The Hall–Kier alpha value is -1.69. The minimum Gasteiger partial charge on any atom is -0.379 e. The van der Waals surface area contributed by atoms with Gasteiger partial charge in [-0.15, -0.1) is 0 Å². The second-order valence-corrected chi connectivity index (χ2v) is 3.90. The molecule has 1 unspecified atom stereocenters. The maximum atomic E-state index is 11.8. The summed E-state index contributed by atoms with van der Waals surface area (Å²) >= 11 is 0. The van der Waals surface area contributed by atoms with Crippen molar-refractivity contribution in [2.75, 3.05) is 13.2 Å². The third-order valence-corrected chi connectivity index (χ3v) is 2.85. The average molecular weight is 220 g/mol. The van der Waals surface area contributed by atoms with Gasteiger partial charge in [-0.1, -0.05) is 0 Å². The molecule has 3 heterocycles. The Morgan fingerprint density at radius 1 is 1.44 bits per heavy atom. The molecule has 2 aromatic rings. The summed E-state index contributed by atoms with van der Waals surface area (Å²) in [6.45, 7) is 1.35. The van der Waals surface area contributed by atoms with E-state index in [9.17, 15) is 4.79 Å². The molecular formula is C10H12N4O2. The first-order chi connectivity index (χ1) is 7.86. The number of rotatable bonds is 1. The highest BCUT2D eigenvalue weighted by molar-refractivity contribution is 5.64. The van der Waals surface area contributed by atoms with E-state index in [2.05, 4.69) is 15.0 Å². The van der Waals surface area contributed by atoms with E-state index in [1.165, 1.54) is 0 Å². The second kappa shape index (κ2) is 3.71. The van der Waals surface area contributed by atoms with E-state index < -0.39 is 0 Å². The van der Waals surface area contributed by atoms with Crippen LogP contribution in [0.25, 0.3) is 11.3 Å². The first-order valence-electron chi connectivity index (χ1n) is 5.35. The normalized spacial score (nSPS) is 21.4. The van der Waals surface area contributed by atoms with Gasteiger partial charge >= 0.3 is 5.69 Å². The highest BCUT2D eigenvalue weighted by atomic mass is 16.5. The van der Waals surface area contributed by atoms with E-state index in [1.807, 2.05) is 0 Å². The van der Waals surface area contributed by atoms with E-state index >= 15 is 0 Å². The Morgan fingerprint density at radius 3 is 3.12 bits per heavy atom. The van der Waals surface area contributed by atoms with Crippen LogP contribution in [0.15, 0.2) is 17.2 Å². The summed E-state index contributed by atoms with van der Waals surface area (Å²) in [6.07, 6.45) is 5.09. The van der Waals surface area contributed by atoms with Crippen LogP contribution in [0.5, 0.6) is 0 Å². The topological polar surface area (TPSA) is 72.8 Å². The monoisotopic (exact) mass is 220 g/mol. The summed E-state index contributed by atoms with van der Waals surface area (Å²) in [5, 5.41) is 0. The maximum absolute atomic E-state index is 11.8. The zero-order valence-corrected chi connectivity index (χ0v) is 8.72. The van der Waals surface area contributed by atoms with Gasteiger partial charge in [-0.25, -0.2) is 14.8 Å². The van der Waals surface area contributed by atoms with Crippen molar-refractivity contribution in [3.63, 3.8) is 0 Å². The molecular weight excluding hydrogens is 208 g/mol. The number of hydrogen-bond donors (Lipinski definition) is 1. The van der Waals surface area contributed by atoms with E-state index in [4.69, 9.17) is 4.74 Å². The van der Waals surface area contributed by atoms with Crippen molar-refractivity contribution in [2.45, 2.75) is 18.9 Å². The number of aromatic amines is 1. The van der Waals surface area contributed by atoms with Gasteiger partial charge in [-0.3, -0.25) is 9.55 Å². The first kappa shape index (κ1) is 9.53. The summed E-state index contributed by atoms with van der Waals surface area (Å²) in [5.74, 6) is 0. The number of ether oxygens (including phenoxy) is 1. The molecule has 0 aliphatic carbocycles. The molecule has 6 heteroatoms. The van der Waals surface area contributed by atoms with Gasteiger partial charge in [0.1, 0.15) is 0 Å². The van der Waals surface area contributed by atoms with Crippen molar-refractivity contribution in [1.82, 2.24) is 19.5 Å². The average Bonchev–Trinajstić information content (AvgIpc) is 2.66. The van der Waals surface area contributed by atoms with Crippen molar-refractivity contribution < 1.29 is 4.74 Å². The highest BCUT2D eigenvalue weighted by Gasteiger charge is 2.21. The molecule has 6 nitrogen and oxygen atoms in total. The molecule has 16 heavy (non-hydrogen) atoms. The predicted molar refractivity (Wildman–Crippen MR) is 57.2 cm³/mol. The van der Waals surface area contributed by atoms with E-state index in [0.29, 0.717) is 17.9 Å². The van der Waals surface area contributed by atoms with Gasteiger partial charge in [-0.2, -0.15) is 0 Å². The molecule has 1 N–H and O–H groups in total. The van der Waals surface area contributed by atoms with Crippen LogP contribution in [0.3, 0.4) is 0 Å². The minimum absolute atomic E-state index is 0.0756. The lowest BCUT2D eigenvalue weighted by molar-refractivity contribution is 0.0593. The van der Waals surface area contributed by atoms with Crippen LogP contribution in [-0.4, -0.2) is 32.7 Å². The molecule has 1 fully saturated rings. The third kappa shape index (κ3) is 1.42. The minimum atomic E-state index is -0.156. The number of aromatic nitrogens is 4. The molecule has 1 aliphatic heterocycles. The number of fused-ring (bicyclic) bond motifs is 1. The number of nitrogens with one attached hydrogen (secondary N) is 1. The van der Waals surface area contributed by atoms with Gasteiger partial charge in [0.15, 0.2) is 11.3 Å². The molecule has 0 spiro atoms. The van der Waals surface area contributed by atoms with Gasteiger partial charge in [0.05, 0.1) is 12.6 Å². The van der Waals surface area contributed by atoms with Gasteiger partial charge in [-0.05, 0) is 12.8 Å². The van der Waals surface area contributed by atoms with E-state index in [1.54, 1.807) is 17.0 Å². The fourth-order valence-electron chi connectivity index (χ4n) is 2.12. The van der Waals surface area contributed by atoms with Gasteiger partial charge < -0.3 is 4.74 Å². The summed E-state index contributed by atoms with van der Waals surface area (Å²) in [5.41, 5.74) is 0.998.